The second kappa shape index (κ2) is 18.6. The summed E-state index contributed by atoms with van der Waals surface area (Å²) in [5, 5.41) is 13.4. The van der Waals surface area contributed by atoms with Gasteiger partial charge in [-0.25, -0.2) is 9.59 Å². The van der Waals surface area contributed by atoms with Gasteiger partial charge in [-0.3, -0.25) is 0 Å². The van der Waals surface area contributed by atoms with E-state index in [-0.39, 0.29) is 18.9 Å². The third kappa shape index (κ3) is 19.4. The standard InChI is InChI=1S/C26H49NO6/c1-6-8-10-11-12-13-14-15-16-18-21(17-9-7-2)32-24(30)22(19-20-23(28)29)27-25(31)33-26(3,4)5/h21-22H,6-20H2,1-5H3,(H,27,31)(H,28,29)/p-1/t21?,22-/m0/s1. The molecule has 0 bridgehead atoms. The zero-order valence-electron chi connectivity index (χ0n) is 21.7. The van der Waals surface area contributed by atoms with E-state index in [0.717, 1.165) is 38.5 Å². The molecule has 33 heavy (non-hydrogen) atoms. The molecule has 0 heterocycles. The Kier molecular flexibility index (Phi) is 17.6. The molecule has 1 unspecified atom stereocenters. The average molecular weight is 471 g/mol. The van der Waals surface area contributed by atoms with Crippen molar-refractivity contribution in [3.05, 3.63) is 0 Å². The normalized spacial score (nSPS) is 13.2. The third-order valence-electron chi connectivity index (χ3n) is 5.40. The van der Waals surface area contributed by atoms with Crippen LogP contribution in [0.15, 0.2) is 0 Å². The molecule has 0 aliphatic carbocycles. The number of carboxylic acid groups (broad SMARTS) is 1. The molecule has 0 aromatic carbocycles. The number of nitrogens with one attached hydrogen (secondary N) is 1. The van der Waals surface area contributed by atoms with Crippen molar-refractivity contribution in [1.82, 2.24) is 5.32 Å². The number of hydrogen-bond acceptors (Lipinski definition) is 6. The van der Waals surface area contributed by atoms with Gasteiger partial charge in [0.1, 0.15) is 17.7 Å². The highest BCUT2D eigenvalue weighted by Gasteiger charge is 2.27. The number of ether oxygens (including phenoxy) is 2. The molecule has 0 rings (SSSR count). The monoisotopic (exact) mass is 470 g/mol. The zero-order valence-corrected chi connectivity index (χ0v) is 21.7. The maximum Gasteiger partial charge on any atom is 0.408 e. The number of aliphatic carboxylic acids is 1. The van der Waals surface area contributed by atoms with Crippen LogP contribution >= 0.6 is 0 Å². The molecule has 0 aromatic heterocycles. The molecule has 0 radical (unpaired) electrons. The van der Waals surface area contributed by atoms with Crippen LogP contribution in [0.4, 0.5) is 4.79 Å². The minimum absolute atomic E-state index is 0.0983. The van der Waals surface area contributed by atoms with E-state index >= 15 is 0 Å². The molecule has 0 aromatic rings. The Morgan fingerprint density at radius 2 is 1.30 bits per heavy atom. The zero-order chi connectivity index (χ0) is 25.1. The van der Waals surface area contributed by atoms with Crippen molar-refractivity contribution in [2.24, 2.45) is 0 Å². The van der Waals surface area contributed by atoms with Crippen LogP contribution in [-0.4, -0.2) is 35.8 Å². The lowest BCUT2D eigenvalue weighted by atomic mass is 10.0. The molecule has 0 aliphatic heterocycles. The molecule has 0 saturated heterocycles. The SMILES string of the molecule is CCCCCCCCCCCC(CCCC)OC(=O)[C@H](CCC(=O)[O-])NC(=O)OC(C)(C)C. The van der Waals surface area contributed by atoms with Crippen molar-refractivity contribution >= 4 is 18.0 Å². The maximum absolute atomic E-state index is 12.8. The number of carbonyl (C=O) groups excluding carboxylic acids is 3. The van der Waals surface area contributed by atoms with Crippen LogP contribution < -0.4 is 10.4 Å². The Morgan fingerprint density at radius 3 is 1.82 bits per heavy atom. The topological polar surface area (TPSA) is 105 Å². The van der Waals surface area contributed by atoms with Gasteiger partial charge in [-0.1, -0.05) is 78.1 Å². The Hall–Kier alpha value is -1.79. The molecule has 1 amide bonds. The lowest BCUT2D eigenvalue weighted by Gasteiger charge is -2.25. The summed E-state index contributed by atoms with van der Waals surface area (Å²) < 4.78 is 10.9. The highest BCUT2D eigenvalue weighted by atomic mass is 16.6. The van der Waals surface area contributed by atoms with Crippen LogP contribution in [0.1, 0.15) is 131 Å². The quantitative estimate of drug-likeness (QED) is 0.199. The summed E-state index contributed by atoms with van der Waals surface area (Å²) >= 11 is 0. The Morgan fingerprint density at radius 1 is 0.788 bits per heavy atom. The minimum atomic E-state index is -1.28. The highest BCUT2D eigenvalue weighted by Crippen LogP contribution is 2.17. The van der Waals surface area contributed by atoms with Crippen molar-refractivity contribution in [3.63, 3.8) is 0 Å². The maximum atomic E-state index is 12.8. The summed E-state index contributed by atoms with van der Waals surface area (Å²) in [7, 11) is 0. The summed E-state index contributed by atoms with van der Waals surface area (Å²) in [5.41, 5.74) is -0.730. The number of hydrogen-bond donors (Lipinski definition) is 1. The minimum Gasteiger partial charge on any atom is -0.550 e. The highest BCUT2D eigenvalue weighted by molar-refractivity contribution is 5.82. The van der Waals surface area contributed by atoms with Crippen LogP contribution in [0.2, 0.25) is 0 Å². The molecule has 0 saturated carbocycles. The molecule has 7 heteroatoms. The van der Waals surface area contributed by atoms with Gasteiger partial charge in [0.2, 0.25) is 0 Å². The first-order chi connectivity index (χ1) is 15.6. The first-order valence-electron chi connectivity index (χ1n) is 13.0. The number of unbranched alkanes of at least 4 members (excludes halogenated alkanes) is 9. The van der Waals surface area contributed by atoms with Gasteiger partial charge in [0.05, 0.1) is 0 Å². The van der Waals surface area contributed by atoms with E-state index < -0.39 is 29.7 Å². The number of alkyl carbamates (subject to hydrolysis) is 1. The largest absolute Gasteiger partial charge is 0.550 e. The van der Waals surface area contributed by atoms with E-state index in [0.29, 0.717) is 0 Å². The molecule has 0 fully saturated rings. The van der Waals surface area contributed by atoms with Crippen LogP contribution in [0.25, 0.3) is 0 Å². The fourth-order valence-corrected chi connectivity index (χ4v) is 3.58. The third-order valence-corrected chi connectivity index (χ3v) is 5.40. The fraction of sp³-hybridized carbons (Fsp3) is 0.885. The van der Waals surface area contributed by atoms with Crippen LogP contribution in [0.3, 0.4) is 0 Å². The van der Waals surface area contributed by atoms with Crippen molar-refractivity contribution in [2.75, 3.05) is 0 Å². The van der Waals surface area contributed by atoms with Gasteiger partial charge >= 0.3 is 12.1 Å². The van der Waals surface area contributed by atoms with E-state index in [1.165, 1.54) is 44.9 Å². The second-order valence-corrected chi connectivity index (χ2v) is 9.93. The van der Waals surface area contributed by atoms with Crippen molar-refractivity contribution < 1.29 is 29.0 Å². The summed E-state index contributed by atoms with van der Waals surface area (Å²) in [5.74, 6) is -1.89. The number of amides is 1. The smallest absolute Gasteiger partial charge is 0.408 e. The summed E-state index contributed by atoms with van der Waals surface area (Å²) in [6, 6.07) is -1.08. The second-order valence-electron chi connectivity index (χ2n) is 9.93. The molecule has 0 spiro atoms. The van der Waals surface area contributed by atoms with Gasteiger partial charge in [0.15, 0.2) is 0 Å². The Labute approximate surface area is 201 Å². The lowest BCUT2D eigenvalue weighted by Crippen LogP contribution is -2.45. The molecular formula is C26H48NO6-. The number of carboxylic acids is 1. The predicted octanol–water partition coefficient (Wildman–Crippen LogP) is 5.43. The van der Waals surface area contributed by atoms with E-state index in [1.807, 2.05) is 0 Å². The van der Waals surface area contributed by atoms with E-state index in [9.17, 15) is 19.5 Å². The van der Waals surface area contributed by atoms with Crippen LogP contribution in [-0.2, 0) is 19.1 Å². The Bertz CT molecular complexity index is 543. The fourth-order valence-electron chi connectivity index (χ4n) is 3.58. The first kappa shape index (κ1) is 31.2. The van der Waals surface area contributed by atoms with E-state index in [4.69, 9.17) is 9.47 Å². The lowest BCUT2D eigenvalue weighted by molar-refractivity contribution is -0.305. The van der Waals surface area contributed by atoms with Crippen molar-refractivity contribution in [2.45, 2.75) is 149 Å². The molecule has 194 valence electrons. The summed E-state index contributed by atoms with van der Waals surface area (Å²) in [6.07, 6.45) is 13.0. The van der Waals surface area contributed by atoms with Crippen LogP contribution in [0, 0.1) is 0 Å². The summed E-state index contributed by atoms with van der Waals surface area (Å²) in [6.45, 7) is 9.46. The van der Waals surface area contributed by atoms with Gasteiger partial charge in [-0.15, -0.1) is 0 Å². The van der Waals surface area contributed by atoms with E-state index in [2.05, 4.69) is 19.2 Å². The number of carbonyl (C=O) groups is 3. The molecule has 7 nitrogen and oxygen atoms in total. The van der Waals surface area contributed by atoms with Gasteiger partial charge in [0.25, 0.3) is 0 Å². The van der Waals surface area contributed by atoms with Gasteiger partial charge < -0.3 is 24.7 Å². The summed E-state index contributed by atoms with van der Waals surface area (Å²) in [4.78, 5) is 35.8. The van der Waals surface area contributed by atoms with Crippen LogP contribution in [0.5, 0.6) is 0 Å². The number of esters is 1. The van der Waals surface area contributed by atoms with Gasteiger partial charge in [0, 0.05) is 5.97 Å². The molecule has 2 atom stereocenters. The van der Waals surface area contributed by atoms with E-state index in [1.54, 1.807) is 20.8 Å². The first-order valence-corrected chi connectivity index (χ1v) is 13.0. The molecule has 1 N–H and O–H groups in total. The Balaban J connectivity index is 4.67. The molecule has 0 aliphatic rings. The van der Waals surface area contributed by atoms with Crippen molar-refractivity contribution in [3.8, 4) is 0 Å². The van der Waals surface area contributed by atoms with Gasteiger partial charge in [-0.2, -0.15) is 0 Å². The number of rotatable bonds is 19. The predicted molar refractivity (Wildman–Crippen MR) is 129 cm³/mol. The van der Waals surface area contributed by atoms with Crippen molar-refractivity contribution in [1.29, 1.82) is 0 Å². The van der Waals surface area contributed by atoms with Gasteiger partial charge in [-0.05, 0) is 52.9 Å². The average Bonchev–Trinajstić information content (AvgIpc) is 2.71. The molecular weight excluding hydrogens is 422 g/mol.